The largest absolute Gasteiger partial charge is 0.347 e. The Morgan fingerprint density at radius 2 is 1.89 bits per heavy atom. The summed E-state index contributed by atoms with van der Waals surface area (Å²) in [7, 11) is 0. The summed E-state index contributed by atoms with van der Waals surface area (Å²) in [6, 6.07) is 7.10. The number of piperidine rings is 1. The van der Waals surface area contributed by atoms with E-state index >= 15 is 0 Å². The number of benzene rings is 1. The van der Waals surface area contributed by atoms with E-state index in [2.05, 4.69) is 11.8 Å². The van der Waals surface area contributed by atoms with Crippen molar-refractivity contribution in [2.24, 2.45) is 0 Å². The first-order valence-corrected chi connectivity index (χ1v) is 6.96. The number of ether oxygens (including phenoxy) is 2. The first-order valence-electron chi connectivity index (χ1n) is 6.96. The molecule has 3 rings (SSSR count). The van der Waals surface area contributed by atoms with Gasteiger partial charge in [-0.1, -0.05) is 12.1 Å². The third kappa shape index (κ3) is 2.66. The van der Waals surface area contributed by atoms with E-state index in [-0.39, 0.29) is 17.6 Å². The van der Waals surface area contributed by atoms with Crippen LogP contribution in [0.4, 0.5) is 4.39 Å². The van der Waals surface area contributed by atoms with Crippen molar-refractivity contribution in [3.05, 3.63) is 35.6 Å². The topological polar surface area (TPSA) is 21.7 Å². The van der Waals surface area contributed by atoms with Gasteiger partial charge in [-0.25, -0.2) is 4.39 Å². The van der Waals surface area contributed by atoms with Crippen LogP contribution < -0.4 is 0 Å². The van der Waals surface area contributed by atoms with Crippen molar-refractivity contribution in [2.45, 2.75) is 31.6 Å². The van der Waals surface area contributed by atoms with Crippen LogP contribution in [0.25, 0.3) is 0 Å². The van der Waals surface area contributed by atoms with Crippen molar-refractivity contribution in [1.82, 2.24) is 4.90 Å². The van der Waals surface area contributed by atoms with Gasteiger partial charge >= 0.3 is 0 Å². The third-order valence-corrected chi connectivity index (χ3v) is 4.25. The molecule has 1 spiro atoms. The van der Waals surface area contributed by atoms with E-state index in [1.54, 1.807) is 12.1 Å². The highest BCUT2D eigenvalue weighted by Crippen LogP contribution is 2.34. The van der Waals surface area contributed by atoms with Gasteiger partial charge < -0.3 is 9.47 Å². The van der Waals surface area contributed by atoms with Crippen molar-refractivity contribution in [1.29, 1.82) is 0 Å². The summed E-state index contributed by atoms with van der Waals surface area (Å²) < 4.78 is 24.7. The van der Waals surface area contributed by atoms with E-state index in [1.165, 1.54) is 6.07 Å². The first kappa shape index (κ1) is 13.0. The van der Waals surface area contributed by atoms with Crippen molar-refractivity contribution in [2.75, 3.05) is 26.3 Å². The number of hydrogen-bond acceptors (Lipinski definition) is 3. The Balaban J connectivity index is 1.64. The van der Waals surface area contributed by atoms with Gasteiger partial charge in [0.2, 0.25) is 0 Å². The lowest BCUT2D eigenvalue weighted by Gasteiger charge is -2.40. The quantitative estimate of drug-likeness (QED) is 0.820. The molecule has 3 nitrogen and oxygen atoms in total. The zero-order valence-corrected chi connectivity index (χ0v) is 11.3. The molecule has 0 amide bonds. The van der Waals surface area contributed by atoms with Crippen LogP contribution in [-0.2, 0) is 9.47 Å². The maximum absolute atomic E-state index is 13.3. The molecule has 4 heteroatoms. The van der Waals surface area contributed by atoms with Crippen molar-refractivity contribution in [3.63, 3.8) is 0 Å². The van der Waals surface area contributed by atoms with Crippen molar-refractivity contribution < 1.29 is 13.9 Å². The highest BCUT2D eigenvalue weighted by molar-refractivity contribution is 5.19. The van der Waals surface area contributed by atoms with E-state index < -0.39 is 0 Å². The molecular weight excluding hydrogens is 245 g/mol. The predicted octanol–water partition coefficient (Wildman–Crippen LogP) is 2.73. The van der Waals surface area contributed by atoms with Gasteiger partial charge in [-0.15, -0.1) is 0 Å². The fraction of sp³-hybridized carbons (Fsp3) is 0.600. The summed E-state index contributed by atoms with van der Waals surface area (Å²) in [4.78, 5) is 2.37. The Kier molecular flexibility index (Phi) is 3.56. The lowest BCUT2D eigenvalue weighted by molar-refractivity contribution is -0.187. The summed E-state index contributed by atoms with van der Waals surface area (Å²) in [6.07, 6.45) is 1.79. The minimum absolute atomic E-state index is 0.166. The fourth-order valence-electron chi connectivity index (χ4n) is 3.01. The molecule has 19 heavy (non-hydrogen) atoms. The summed E-state index contributed by atoms with van der Waals surface area (Å²) >= 11 is 0. The van der Waals surface area contributed by atoms with Crippen molar-refractivity contribution >= 4 is 0 Å². The summed E-state index contributed by atoms with van der Waals surface area (Å²) in [5.74, 6) is -0.502. The summed E-state index contributed by atoms with van der Waals surface area (Å²) in [5.41, 5.74) is 1.03. The van der Waals surface area contributed by atoms with Gasteiger partial charge in [-0.05, 0) is 24.6 Å². The highest BCUT2D eigenvalue weighted by atomic mass is 19.1. The van der Waals surface area contributed by atoms with Crippen molar-refractivity contribution in [3.8, 4) is 0 Å². The zero-order valence-electron chi connectivity index (χ0n) is 11.3. The summed E-state index contributed by atoms with van der Waals surface area (Å²) in [5, 5.41) is 0. The molecule has 2 heterocycles. The molecule has 0 aromatic heterocycles. The van der Waals surface area contributed by atoms with Gasteiger partial charge in [0.15, 0.2) is 5.79 Å². The maximum Gasteiger partial charge on any atom is 0.170 e. The van der Waals surface area contributed by atoms with Crippen LogP contribution in [0.2, 0.25) is 0 Å². The number of rotatable bonds is 2. The predicted molar refractivity (Wildman–Crippen MR) is 70.3 cm³/mol. The molecule has 2 saturated heterocycles. The monoisotopic (exact) mass is 265 g/mol. The lowest BCUT2D eigenvalue weighted by atomic mass is 9.99. The third-order valence-electron chi connectivity index (χ3n) is 4.25. The number of nitrogens with zero attached hydrogens (tertiary/aromatic N) is 1. The molecule has 0 radical (unpaired) electrons. The second-order valence-electron chi connectivity index (χ2n) is 5.37. The molecular formula is C15H20FNO2. The van der Waals surface area contributed by atoms with Crippen LogP contribution in [-0.4, -0.2) is 37.0 Å². The molecule has 104 valence electrons. The van der Waals surface area contributed by atoms with E-state index in [4.69, 9.17) is 9.47 Å². The average molecular weight is 265 g/mol. The Morgan fingerprint density at radius 1 is 1.21 bits per heavy atom. The minimum Gasteiger partial charge on any atom is -0.347 e. The Hall–Kier alpha value is -0.970. The van der Waals surface area contributed by atoms with Gasteiger partial charge in [-0.3, -0.25) is 4.90 Å². The number of likely N-dealkylation sites (tertiary alicyclic amines) is 1. The van der Waals surface area contributed by atoms with Crippen LogP contribution in [0.5, 0.6) is 0 Å². The Labute approximate surface area is 113 Å². The van der Waals surface area contributed by atoms with Gasteiger partial charge in [0.1, 0.15) is 5.82 Å². The average Bonchev–Trinajstić information content (AvgIpc) is 2.87. The van der Waals surface area contributed by atoms with E-state index in [0.717, 1.165) is 31.5 Å². The van der Waals surface area contributed by atoms with Crippen LogP contribution in [0.1, 0.15) is 31.4 Å². The molecule has 0 N–H and O–H groups in total. The Morgan fingerprint density at radius 3 is 2.53 bits per heavy atom. The van der Waals surface area contributed by atoms with E-state index in [9.17, 15) is 4.39 Å². The normalized spacial score (nSPS) is 24.7. The maximum atomic E-state index is 13.3. The van der Waals surface area contributed by atoms with Crippen LogP contribution in [0, 0.1) is 5.82 Å². The standard InChI is InChI=1S/C15H20FNO2/c1-12(13-3-2-4-14(16)11-13)17-7-5-15(6-8-17)18-9-10-19-15/h2-4,11-12H,5-10H2,1H3/t12-/m0/s1. The molecule has 2 fully saturated rings. The van der Waals surface area contributed by atoms with E-state index in [0.29, 0.717) is 13.2 Å². The molecule has 1 atom stereocenters. The molecule has 0 saturated carbocycles. The second kappa shape index (κ2) is 5.19. The molecule has 1 aromatic carbocycles. The van der Waals surface area contributed by atoms with Gasteiger partial charge in [-0.2, -0.15) is 0 Å². The summed E-state index contributed by atoms with van der Waals surface area (Å²) in [6.45, 7) is 5.40. The molecule has 1 aromatic rings. The Bertz CT molecular complexity index is 436. The lowest BCUT2D eigenvalue weighted by Crippen LogP contribution is -2.45. The smallest absolute Gasteiger partial charge is 0.170 e. The second-order valence-corrected chi connectivity index (χ2v) is 5.37. The minimum atomic E-state index is -0.335. The van der Waals surface area contributed by atoms with Crippen LogP contribution in [0.3, 0.4) is 0 Å². The molecule has 0 unspecified atom stereocenters. The SMILES string of the molecule is C[C@@H](c1cccc(F)c1)N1CCC2(CC1)OCCO2. The van der Waals surface area contributed by atoms with Gasteiger partial charge in [0.05, 0.1) is 13.2 Å². The molecule has 2 aliphatic heterocycles. The van der Waals surface area contributed by atoms with Gasteiger partial charge in [0, 0.05) is 32.0 Å². The zero-order chi connectivity index (χ0) is 13.3. The molecule has 2 aliphatic rings. The molecule has 0 bridgehead atoms. The van der Waals surface area contributed by atoms with Crippen LogP contribution in [0.15, 0.2) is 24.3 Å². The van der Waals surface area contributed by atoms with Gasteiger partial charge in [0.25, 0.3) is 0 Å². The fourth-order valence-corrected chi connectivity index (χ4v) is 3.01. The highest BCUT2D eigenvalue weighted by Gasteiger charge is 2.40. The molecule has 0 aliphatic carbocycles. The van der Waals surface area contributed by atoms with E-state index in [1.807, 2.05) is 6.07 Å². The first-order chi connectivity index (χ1) is 9.19. The number of hydrogen-bond donors (Lipinski definition) is 0. The number of halogens is 1. The van der Waals surface area contributed by atoms with Crippen LogP contribution >= 0.6 is 0 Å².